The van der Waals surface area contributed by atoms with E-state index < -0.39 is 0 Å². The fraction of sp³-hybridized carbons (Fsp3) is 0.846. The Bertz CT molecular complexity index is 471. The SMILES string of the molecule is Cc1nn(CC2CC3(CCCCC3)CO2)c(=O)o1. The number of nitrogens with zero attached hydrogens (tertiary/aromatic N) is 2. The molecule has 0 radical (unpaired) electrons. The van der Waals surface area contributed by atoms with Crippen LogP contribution in [0.2, 0.25) is 0 Å². The molecule has 2 heterocycles. The number of hydrogen-bond donors (Lipinski definition) is 0. The maximum Gasteiger partial charge on any atom is 0.437 e. The molecule has 1 saturated heterocycles. The third-order valence-electron chi connectivity index (χ3n) is 4.28. The summed E-state index contributed by atoms with van der Waals surface area (Å²) in [6.07, 6.45) is 7.72. The van der Waals surface area contributed by atoms with E-state index in [4.69, 9.17) is 9.15 Å². The quantitative estimate of drug-likeness (QED) is 0.806. The number of rotatable bonds is 2. The van der Waals surface area contributed by atoms with Gasteiger partial charge in [0.05, 0.1) is 19.3 Å². The third kappa shape index (κ3) is 2.23. The second kappa shape index (κ2) is 4.53. The summed E-state index contributed by atoms with van der Waals surface area (Å²) in [7, 11) is 0. The van der Waals surface area contributed by atoms with Crippen LogP contribution in [-0.2, 0) is 11.3 Å². The van der Waals surface area contributed by atoms with Crippen molar-refractivity contribution in [3.63, 3.8) is 0 Å². The number of ether oxygens (including phenoxy) is 1. The molecule has 1 aliphatic heterocycles. The summed E-state index contributed by atoms with van der Waals surface area (Å²) in [5.41, 5.74) is 0.380. The Balaban J connectivity index is 1.65. The van der Waals surface area contributed by atoms with Gasteiger partial charge in [-0.2, -0.15) is 4.68 Å². The second-order valence-corrected chi connectivity index (χ2v) is 5.77. The summed E-state index contributed by atoms with van der Waals surface area (Å²) in [5.74, 6) is 0.0473. The van der Waals surface area contributed by atoms with Crippen molar-refractivity contribution in [2.45, 2.75) is 58.1 Å². The van der Waals surface area contributed by atoms with Crippen LogP contribution >= 0.6 is 0 Å². The van der Waals surface area contributed by atoms with Gasteiger partial charge in [0.25, 0.3) is 0 Å². The Morgan fingerprint density at radius 2 is 2.17 bits per heavy atom. The van der Waals surface area contributed by atoms with Crippen LogP contribution in [0.25, 0.3) is 0 Å². The average Bonchev–Trinajstić information content (AvgIpc) is 2.86. The smallest absolute Gasteiger partial charge is 0.393 e. The Morgan fingerprint density at radius 3 is 2.83 bits per heavy atom. The second-order valence-electron chi connectivity index (χ2n) is 5.77. The summed E-state index contributed by atoms with van der Waals surface area (Å²) in [4.78, 5) is 11.5. The van der Waals surface area contributed by atoms with E-state index in [2.05, 4.69) is 5.10 Å². The van der Waals surface area contributed by atoms with E-state index in [0.717, 1.165) is 13.0 Å². The fourth-order valence-corrected chi connectivity index (χ4v) is 3.38. The van der Waals surface area contributed by atoms with Gasteiger partial charge in [-0.05, 0) is 24.7 Å². The van der Waals surface area contributed by atoms with Gasteiger partial charge < -0.3 is 9.15 Å². The Labute approximate surface area is 106 Å². The molecule has 1 aliphatic carbocycles. The zero-order valence-electron chi connectivity index (χ0n) is 10.9. The van der Waals surface area contributed by atoms with E-state index in [1.165, 1.54) is 36.8 Å². The highest BCUT2D eigenvalue weighted by Crippen LogP contribution is 2.45. The number of aryl methyl sites for hydroxylation is 1. The van der Waals surface area contributed by atoms with Gasteiger partial charge >= 0.3 is 5.76 Å². The largest absolute Gasteiger partial charge is 0.437 e. The molecule has 1 atom stereocenters. The summed E-state index contributed by atoms with van der Waals surface area (Å²) < 4.78 is 12.2. The van der Waals surface area contributed by atoms with E-state index in [1.54, 1.807) is 6.92 Å². The standard InChI is InChI=1S/C13H20N2O3/c1-10-14-15(12(16)18-10)8-11-7-13(9-17-11)5-3-2-4-6-13/h11H,2-9H2,1H3. The van der Waals surface area contributed by atoms with Crippen molar-refractivity contribution in [3.8, 4) is 0 Å². The molecule has 0 aromatic carbocycles. The summed E-state index contributed by atoms with van der Waals surface area (Å²) in [5, 5.41) is 4.06. The molecule has 5 heteroatoms. The first-order chi connectivity index (χ1) is 8.67. The first kappa shape index (κ1) is 12.0. The molecule has 0 N–H and O–H groups in total. The molecule has 1 aromatic rings. The van der Waals surface area contributed by atoms with Crippen LogP contribution in [0.15, 0.2) is 9.21 Å². The van der Waals surface area contributed by atoms with Crippen molar-refractivity contribution in [1.82, 2.24) is 9.78 Å². The lowest BCUT2D eigenvalue weighted by atomic mass is 9.73. The minimum absolute atomic E-state index is 0.116. The van der Waals surface area contributed by atoms with Gasteiger partial charge in [0.1, 0.15) is 0 Å². The van der Waals surface area contributed by atoms with Crippen molar-refractivity contribution >= 4 is 0 Å². The molecule has 0 bridgehead atoms. The molecule has 5 nitrogen and oxygen atoms in total. The molecule has 18 heavy (non-hydrogen) atoms. The summed E-state index contributed by atoms with van der Waals surface area (Å²) in [6, 6.07) is 0. The van der Waals surface area contributed by atoms with Crippen molar-refractivity contribution in [1.29, 1.82) is 0 Å². The van der Waals surface area contributed by atoms with Crippen molar-refractivity contribution in [3.05, 3.63) is 16.4 Å². The van der Waals surface area contributed by atoms with Crippen LogP contribution in [0.4, 0.5) is 0 Å². The highest BCUT2D eigenvalue weighted by atomic mass is 16.5. The first-order valence-corrected chi connectivity index (χ1v) is 6.83. The first-order valence-electron chi connectivity index (χ1n) is 6.83. The van der Waals surface area contributed by atoms with Crippen LogP contribution in [-0.4, -0.2) is 22.5 Å². The van der Waals surface area contributed by atoms with Gasteiger partial charge in [-0.1, -0.05) is 19.3 Å². The molecule has 3 rings (SSSR count). The molecule has 1 spiro atoms. The van der Waals surface area contributed by atoms with Gasteiger partial charge in [0, 0.05) is 6.92 Å². The number of hydrogen-bond acceptors (Lipinski definition) is 4. The lowest BCUT2D eigenvalue weighted by Crippen LogP contribution is -2.27. The number of aromatic nitrogens is 2. The predicted octanol–water partition coefficient (Wildman–Crippen LogP) is 1.88. The highest BCUT2D eigenvalue weighted by molar-refractivity contribution is 4.90. The molecule has 1 unspecified atom stereocenters. The van der Waals surface area contributed by atoms with E-state index in [-0.39, 0.29) is 11.9 Å². The minimum atomic E-state index is -0.374. The maximum atomic E-state index is 11.5. The van der Waals surface area contributed by atoms with Gasteiger partial charge in [-0.25, -0.2) is 4.79 Å². The predicted molar refractivity (Wildman–Crippen MR) is 65.4 cm³/mol. The molecule has 0 amide bonds. The Morgan fingerprint density at radius 1 is 1.39 bits per heavy atom. The van der Waals surface area contributed by atoms with Crippen LogP contribution < -0.4 is 5.76 Å². The monoisotopic (exact) mass is 252 g/mol. The van der Waals surface area contributed by atoms with Crippen LogP contribution in [0.5, 0.6) is 0 Å². The topological polar surface area (TPSA) is 57.3 Å². The van der Waals surface area contributed by atoms with E-state index in [0.29, 0.717) is 17.9 Å². The summed E-state index contributed by atoms with van der Waals surface area (Å²) >= 11 is 0. The van der Waals surface area contributed by atoms with E-state index in [9.17, 15) is 4.79 Å². The molecule has 1 saturated carbocycles. The van der Waals surface area contributed by atoms with Crippen LogP contribution in [0.3, 0.4) is 0 Å². The average molecular weight is 252 g/mol. The zero-order chi connectivity index (χ0) is 12.6. The Kier molecular flexibility index (Phi) is 3.01. The minimum Gasteiger partial charge on any atom is -0.393 e. The van der Waals surface area contributed by atoms with Gasteiger partial charge in [0.15, 0.2) is 0 Å². The van der Waals surface area contributed by atoms with Gasteiger partial charge in [0.2, 0.25) is 5.89 Å². The summed E-state index contributed by atoms with van der Waals surface area (Å²) in [6.45, 7) is 3.07. The molecular weight excluding hydrogens is 232 g/mol. The van der Waals surface area contributed by atoms with E-state index in [1.807, 2.05) is 0 Å². The maximum absolute atomic E-state index is 11.5. The Hall–Kier alpha value is -1.10. The van der Waals surface area contributed by atoms with Crippen molar-refractivity contribution in [2.75, 3.05) is 6.61 Å². The molecule has 100 valence electrons. The van der Waals surface area contributed by atoms with Crippen LogP contribution in [0.1, 0.15) is 44.4 Å². The van der Waals surface area contributed by atoms with E-state index >= 15 is 0 Å². The van der Waals surface area contributed by atoms with Crippen LogP contribution in [0, 0.1) is 12.3 Å². The molecular formula is C13H20N2O3. The lowest BCUT2D eigenvalue weighted by molar-refractivity contribution is 0.0728. The lowest BCUT2D eigenvalue weighted by Gasteiger charge is -2.31. The van der Waals surface area contributed by atoms with Crippen molar-refractivity contribution < 1.29 is 9.15 Å². The van der Waals surface area contributed by atoms with Gasteiger partial charge in [-0.3, -0.25) is 0 Å². The molecule has 1 aromatic heterocycles. The normalized spacial score (nSPS) is 26.8. The highest BCUT2D eigenvalue weighted by Gasteiger charge is 2.41. The fourth-order valence-electron chi connectivity index (χ4n) is 3.38. The zero-order valence-corrected chi connectivity index (χ0v) is 10.9. The van der Waals surface area contributed by atoms with Gasteiger partial charge in [-0.15, -0.1) is 5.10 Å². The third-order valence-corrected chi connectivity index (χ3v) is 4.28. The van der Waals surface area contributed by atoms with Crippen molar-refractivity contribution in [2.24, 2.45) is 5.41 Å². The molecule has 2 aliphatic rings. The molecule has 2 fully saturated rings.